The summed E-state index contributed by atoms with van der Waals surface area (Å²) in [6.45, 7) is 0. The molecule has 2 aromatic carbocycles. The minimum absolute atomic E-state index is 0.205. The summed E-state index contributed by atoms with van der Waals surface area (Å²) in [7, 11) is 0. The second-order valence-corrected chi connectivity index (χ2v) is 7.36. The van der Waals surface area contributed by atoms with Crippen LogP contribution in [0.2, 0.25) is 5.02 Å². The van der Waals surface area contributed by atoms with Gasteiger partial charge in [0.1, 0.15) is 0 Å². The fourth-order valence-corrected chi connectivity index (χ4v) is 3.46. The minimum atomic E-state index is -0.309. The molecule has 0 atom stereocenters. The molecule has 0 bridgehead atoms. The Hall–Kier alpha value is -2.15. The van der Waals surface area contributed by atoms with E-state index >= 15 is 0 Å². The summed E-state index contributed by atoms with van der Waals surface area (Å²) in [5.41, 5.74) is 1.49. The zero-order chi connectivity index (χ0) is 17.8. The summed E-state index contributed by atoms with van der Waals surface area (Å²) in [4.78, 5) is 25.1. The van der Waals surface area contributed by atoms with Gasteiger partial charge in [-0.1, -0.05) is 39.7 Å². The number of carbonyl (C=O) groups is 2. The number of thiophene rings is 1. The molecular formula is C18H12BrClN2O2S. The van der Waals surface area contributed by atoms with Crippen molar-refractivity contribution in [2.24, 2.45) is 0 Å². The lowest BCUT2D eigenvalue weighted by molar-refractivity contribution is 0.101. The van der Waals surface area contributed by atoms with Gasteiger partial charge in [0.25, 0.3) is 11.8 Å². The Morgan fingerprint density at radius 2 is 1.80 bits per heavy atom. The largest absolute Gasteiger partial charge is 0.321 e. The molecule has 0 radical (unpaired) electrons. The molecule has 2 amide bonds. The van der Waals surface area contributed by atoms with Gasteiger partial charge < -0.3 is 10.6 Å². The smallest absolute Gasteiger partial charge is 0.265 e. The van der Waals surface area contributed by atoms with Crippen LogP contribution in [0.4, 0.5) is 11.4 Å². The van der Waals surface area contributed by atoms with Gasteiger partial charge in [-0.2, -0.15) is 0 Å². The van der Waals surface area contributed by atoms with Crippen molar-refractivity contribution in [3.8, 4) is 0 Å². The molecule has 3 aromatic rings. The number of nitrogens with one attached hydrogen (secondary N) is 2. The Bertz CT molecular complexity index is 929. The summed E-state index contributed by atoms with van der Waals surface area (Å²) < 4.78 is 0.828. The monoisotopic (exact) mass is 434 g/mol. The third-order valence-corrected chi connectivity index (χ3v) is 4.98. The maximum absolute atomic E-state index is 12.4. The van der Waals surface area contributed by atoms with Crippen molar-refractivity contribution in [1.82, 2.24) is 0 Å². The fourth-order valence-electron chi connectivity index (χ4n) is 2.12. The van der Waals surface area contributed by atoms with E-state index < -0.39 is 0 Å². The Labute approximate surface area is 162 Å². The molecule has 0 unspecified atom stereocenters. The van der Waals surface area contributed by atoms with Gasteiger partial charge in [0.2, 0.25) is 0 Å². The molecule has 0 aliphatic carbocycles. The first-order valence-electron chi connectivity index (χ1n) is 7.24. The van der Waals surface area contributed by atoms with E-state index in [-0.39, 0.29) is 11.8 Å². The lowest BCUT2D eigenvalue weighted by atomic mass is 10.1. The van der Waals surface area contributed by atoms with Crippen molar-refractivity contribution in [3.05, 3.63) is 79.9 Å². The molecule has 0 saturated carbocycles. The summed E-state index contributed by atoms with van der Waals surface area (Å²) in [5.74, 6) is -0.514. The van der Waals surface area contributed by atoms with Gasteiger partial charge in [0.05, 0.1) is 15.6 Å². The standard InChI is InChI=1S/C18H12BrClN2O2S/c19-12-6-7-15(14(20)10-12)22-17(23)11-3-1-4-13(9-11)21-18(24)16-5-2-8-25-16/h1-10H,(H,21,24)(H,22,23). The first kappa shape index (κ1) is 17.7. The highest BCUT2D eigenvalue weighted by Gasteiger charge is 2.11. The second kappa shape index (κ2) is 7.82. The molecule has 1 aromatic heterocycles. The van der Waals surface area contributed by atoms with Crippen molar-refractivity contribution in [2.45, 2.75) is 0 Å². The van der Waals surface area contributed by atoms with E-state index in [1.54, 1.807) is 48.5 Å². The Morgan fingerprint density at radius 1 is 0.960 bits per heavy atom. The zero-order valence-corrected chi connectivity index (χ0v) is 15.9. The number of carbonyl (C=O) groups excluding carboxylic acids is 2. The van der Waals surface area contributed by atoms with Gasteiger partial charge >= 0.3 is 0 Å². The highest BCUT2D eigenvalue weighted by Crippen LogP contribution is 2.26. The van der Waals surface area contributed by atoms with Crippen molar-refractivity contribution in [2.75, 3.05) is 10.6 Å². The van der Waals surface area contributed by atoms with E-state index in [2.05, 4.69) is 26.6 Å². The summed E-state index contributed by atoms with van der Waals surface area (Å²) in [6.07, 6.45) is 0. The summed E-state index contributed by atoms with van der Waals surface area (Å²) >= 11 is 10.8. The van der Waals surface area contributed by atoms with E-state index in [1.165, 1.54) is 11.3 Å². The summed E-state index contributed by atoms with van der Waals surface area (Å²) in [6, 6.07) is 15.5. The zero-order valence-electron chi connectivity index (χ0n) is 12.8. The van der Waals surface area contributed by atoms with Crippen LogP contribution in [-0.2, 0) is 0 Å². The van der Waals surface area contributed by atoms with Crippen LogP contribution in [-0.4, -0.2) is 11.8 Å². The molecule has 7 heteroatoms. The lowest BCUT2D eigenvalue weighted by Crippen LogP contribution is -2.14. The number of benzene rings is 2. The van der Waals surface area contributed by atoms with Crippen molar-refractivity contribution in [3.63, 3.8) is 0 Å². The van der Waals surface area contributed by atoms with E-state index in [4.69, 9.17) is 11.6 Å². The first-order chi connectivity index (χ1) is 12.0. The topological polar surface area (TPSA) is 58.2 Å². The van der Waals surface area contributed by atoms with E-state index in [9.17, 15) is 9.59 Å². The molecule has 2 N–H and O–H groups in total. The number of hydrogen-bond acceptors (Lipinski definition) is 3. The molecule has 1 heterocycles. The number of halogens is 2. The molecule has 4 nitrogen and oxygen atoms in total. The van der Waals surface area contributed by atoms with Crippen LogP contribution in [0.5, 0.6) is 0 Å². The van der Waals surface area contributed by atoms with Gasteiger partial charge in [-0.05, 0) is 47.8 Å². The molecule has 126 valence electrons. The second-order valence-electron chi connectivity index (χ2n) is 5.09. The van der Waals surface area contributed by atoms with Gasteiger partial charge in [0.15, 0.2) is 0 Å². The van der Waals surface area contributed by atoms with Crippen LogP contribution in [0, 0.1) is 0 Å². The van der Waals surface area contributed by atoms with Gasteiger partial charge in [-0.15, -0.1) is 11.3 Å². The normalized spacial score (nSPS) is 10.3. The molecule has 0 saturated heterocycles. The Balaban J connectivity index is 1.74. The maximum Gasteiger partial charge on any atom is 0.265 e. The molecule has 0 aliphatic rings. The third-order valence-electron chi connectivity index (χ3n) is 3.31. The SMILES string of the molecule is O=C(Nc1ccc(Br)cc1Cl)c1cccc(NC(=O)c2cccs2)c1. The van der Waals surface area contributed by atoms with E-state index in [0.717, 1.165) is 4.47 Å². The number of hydrogen-bond donors (Lipinski definition) is 2. The average Bonchev–Trinajstić information content (AvgIpc) is 3.12. The quantitative estimate of drug-likeness (QED) is 0.555. The lowest BCUT2D eigenvalue weighted by Gasteiger charge is -2.09. The average molecular weight is 436 g/mol. The number of rotatable bonds is 4. The summed E-state index contributed by atoms with van der Waals surface area (Å²) in [5, 5.41) is 7.81. The van der Waals surface area contributed by atoms with Gasteiger partial charge in [-0.3, -0.25) is 9.59 Å². The maximum atomic E-state index is 12.4. The van der Waals surface area contributed by atoms with Gasteiger partial charge in [0, 0.05) is 15.7 Å². The highest BCUT2D eigenvalue weighted by molar-refractivity contribution is 9.10. The van der Waals surface area contributed by atoms with E-state index in [0.29, 0.717) is 26.8 Å². The van der Waals surface area contributed by atoms with Crippen LogP contribution in [0.15, 0.2) is 64.5 Å². The molecule has 0 spiro atoms. The predicted octanol–water partition coefficient (Wildman–Crippen LogP) is 5.67. The molecule has 25 heavy (non-hydrogen) atoms. The van der Waals surface area contributed by atoms with Crippen LogP contribution in [0.25, 0.3) is 0 Å². The van der Waals surface area contributed by atoms with Crippen LogP contribution in [0.3, 0.4) is 0 Å². The first-order valence-corrected chi connectivity index (χ1v) is 9.29. The molecule has 0 fully saturated rings. The molecule has 3 rings (SSSR count). The number of amides is 2. The molecule has 0 aliphatic heterocycles. The van der Waals surface area contributed by atoms with Gasteiger partial charge in [-0.25, -0.2) is 0 Å². The van der Waals surface area contributed by atoms with Crippen LogP contribution < -0.4 is 10.6 Å². The predicted molar refractivity (Wildman–Crippen MR) is 106 cm³/mol. The van der Waals surface area contributed by atoms with Crippen LogP contribution in [0.1, 0.15) is 20.0 Å². The third kappa shape index (κ3) is 4.48. The van der Waals surface area contributed by atoms with Crippen molar-refractivity contribution in [1.29, 1.82) is 0 Å². The Morgan fingerprint density at radius 3 is 2.52 bits per heavy atom. The molecular weight excluding hydrogens is 424 g/mol. The van der Waals surface area contributed by atoms with Crippen molar-refractivity contribution < 1.29 is 9.59 Å². The van der Waals surface area contributed by atoms with Crippen molar-refractivity contribution >= 4 is 62.1 Å². The minimum Gasteiger partial charge on any atom is -0.321 e. The highest BCUT2D eigenvalue weighted by atomic mass is 79.9. The van der Waals surface area contributed by atoms with Crippen LogP contribution >= 0.6 is 38.9 Å². The van der Waals surface area contributed by atoms with E-state index in [1.807, 2.05) is 11.4 Å². The Kier molecular flexibility index (Phi) is 5.53. The number of anilines is 2. The fraction of sp³-hybridized carbons (Fsp3) is 0.